The third-order valence-corrected chi connectivity index (χ3v) is 2.15. The van der Waals surface area contributed by atoms with Gasteiger partial charge in [-0.2, -0.15) is 0 Å². The van der Waals surface area contributed by atoms with Crippen LogP contribution in [0.1, 0.15) is 24.0 Å². The number of carbonyl (C=O) groups is 1. The molecule has 1 nitrogen and oxygen atoms in total. The Morgan fingerprint density at radius 3 is 2.92 bits per heavy atom. The molecule has 1 rings (SSSR count). The zero-order valence-corrected chi connectivity index (χ0v) is 7.72. The molecule has 0 aliphatic heterocycles. The molecule has 0 heterocycles. The second kappa shape index (κ2) is 4.75. The fourth-order valence-corrected chi connectivity index (χ4v) is 1.30. The monoisotopic (exact) mass is 180 g/mol. The largest absolute Gasteiger partial charge is 0.303 e. The number of rotatable bonds is 4. The van der Waals surface area contributed by atoms with Gasteiger partial charge in [0, 0.05) is 6.42 Å². The van der Waals surface area contributed by atoms with Crippen LogP contribution in [0.5, 0.6) is 0 Å². The fraction of sp³-hybridized carbons (Fsp3) is 0.364. The molecule has 0 aliphatic carbocycles. The summed E-state index contributed by atoms with van der Waals surface area (Å²) in [6.07, 6.45) is 3.03. The van der Waals surface area contributed by atoms with E-state index in [4.69, 9.17) is 0 Å². The molecule has 70 valence electrons. The van der Waals surface area contributed by atoms with E-state index in [0.29, 0.717) is 12.0 Å². The summed E-state index contributed by atoms with van der Waals surface area (Å²) in [4.78, 5) is 10.1. The van der Waals surface area contributed by atoms with Crippen molar-refractivity contribution in [2.75, 3.05) is 0 Å². The van der Waals surface area contributed by atoms with E-state index in [1.807, 2.05) is 6.07 Å². The molecule has 1 aromatic carbocycles. The van der Waals surface area contributed by atoms with Gasteiger partial charge >= 0.3 is 0 Å². The van der Waals surface area contributed by atoms with Crippen LogP contribution in [-0.4, -0.2) is 6.29 Å². The Kier molecular flexibility index (Phi) is 3.62. The van der Waals surface area contributed by atoms with Crippen molar-refractivity contribution in [3.63, 3.8) is 0 Å². The first-order valence-corrected chi connectivity index (χ1v) is 4.43. The molecule has 0 N–H and O–H groups in total. The second-order valence-corrected chi connectivity index (χ2v) is 3.08. The zero-order valence-electron chi connectivity index (χ0n) is 7.72. The Morgan fingerprint density at radius 2 is 2.23 bits per heavy atom. The minimum atomic E-state index is -0.163. The number of halogens is 1. The van der Waals surface area contributed by atoms with Gasteiger partial charge in [0.2, 0.25) is 0 Å². The van der Waals surface area contributed by atoms with Gasteiger partial charge in [-0.15, -0.1) is 0 Å². The van der Waals surface area contributed by atoms with Crippen LogP contribution in [0.15, 0.2) is 18.2 Å². The molecule has 2 heteroatoms. The van der Waals surface area contributed by atoms with Crippen LogP contribution in [0.3, 0.4) is 0 Å². The summed E-state index contributed by atoms with van der Waals surface area (Å²) in [5.74, 6) is -0.163. The van der Waals surface area contributed by atoms with Gasteiger partial charge in [0.15, 0.2) is 0 Å². The molecule has 0 saturated heterocycles. The standard InChI is InChI=1S/C11H13FO/c1-9-10(5-2-3-8-13)6-4-7-11(9)12/h4,6-8H,2-3,5H2,1H3. The van der Waals surface area contributed by atoms with Crippen molar-refractivity contribution in [2.45, 2.75) is 26.2 Å². The minimum absolute atomic E-state index is 0.163. The summed E-state index contributed by atoms with van der Waals surface area (Å²) in [7, 11) is 0. The number of benzene rings is 1. The third-order valence-electron chi connectivity index (χ3n) is 2.15. The highest BCUT2D eigenvalue weighted by atomic mass is 19.1. The Labute approximate surface area is 77.6 Å². The SMILES string of the molecule is Cc1c(F)cccc1CCCC=O. The maximum Gasteiger partial charge on any atom is 0.126 e. The number of hydrogen-bond donors (Lipinski definition) is 0. The lowest BCUT2D eigenvalue weighted by molar-refractivity contribution is -0.107. The molecule has 0 fully saturated rings. The van der Waals surface area contributed by atoms with E-state index in [0.717, 1.165) is 24.7 Å². The molecule has 0 aromatic heterocycles. The van der Waals surface area contributed by atoms with Crippen LogP contribution >= 0.6 is 0 Å². The molecule has 0 amide bonds. The molecule has 0 unspecified atom stereocenters. The first-order chi connectivity index (χ1) is 6.25. The molecule has 1 aromatic rings. The van der Waals surface area contributed by atoms with Crippen LogP contribution < -0.4 is 0 Å². The van der Waals surface area contributed by atoms with Crippen LogP contribution in [0, 0.1) is 12.7 Å². The van der Waals surface area contributed by atoms with Crippen molar-refractivity contribution >= 4 is 6.29 Å². The van der Waals surface area contributed by atoms with Gasteiger partial charge in [0.1, 0.15) is 12.1 Å². The Balaban J connectivity index is 2.65. The topological polar surface area (TPSA) is 17.1 Å². The lowest BCUT2D eigenvalue weighted by Gasteiger charge is -2.04. The van der Waals surface area contributed by atoms with Crippen molar-refractivity contribution in [3.8, 4) is 0 Å². The van der Waals surface area contributed by atoms with Gasteiger partial charge in [-0.05, 0) is 37.0 Å². The average Bonchev–Trinajstić information content (AvgIpc) is 2.13. The van der Waals surface area contributed by atoms with Crippen molar-refractivity contribution in [2.24, 2.45) is 0 Å². The third kappa shape index (κ3) is 2.65. The van der Waals surface area contributed by atoms with Gasteiger partial charge in [0.05, 0.1) is 0 Å². The van der Waals surface area contributed by atoms with Crippen molar-refractivity contribution in [3.05, 3.63) is 35.1 Å². The molecule has 0 atom stereocenters. The Bertz CT molecular complexity index is 294. The van der Waals surface area contributed by atoms with Crippen molar-refractivity contribution < 1.29 is 9.18 Å². The molecule has 0 aliphatic rings. The lowest BCUT2D eigenvalue weighted by atomic mass is 10.0. The summed E-state index contributed by atoms with van der Waals surface area (Å²) in [6.45, 7) is 1.77. The van der Waals surface area contributed by atoms with E-state index in [-0.39, 0.29) is 5.82 Å². The number of carbonyl (C=O) groups excluding carboxylic acids is 1. The first kappa shape index (κ1) is 9.90. The van der Waals surface area contributed by atoms with Gasteiger partial charge in [-0.3, -0.25) is 0 Å². The van der Waals surface area contributed by atoms with E-state index in [9.17, 15) is 9.18 Å². The molecule has 13 heavy (non-hydrogen) atoms. The van der Waals surface area contributed by atoms with E-state index in [2.05, 4.69) is 0 Å². The van der Waals surface area contributed by atoms with Crippen LogP contribution in [-0.2, 0) is 11.2 Å². The van der Waals surface area contributed by atoms with E-state index >= 15 is 0 Å². The van der Waals surface area contributed by atoms with Crippen molar-refractivity contribution in [1.82, 2.24) is 0 Å². The highest BCUT2D eigenvalue weighted by molar-refractivity contribution is 5.49. The minimum Gasteiger partial charge on any atom is -0.303 e. The summed E-state index contributed by atoms with van der Waals surface area (Å²) < 4.78 is 13.0. The van der Waals surface area contributed by atoms with E-state index in [1.54, 1.807) is 13.0 Å². The van der Waals surface area contributed by atoms with Crippen LogP contribution in [0.2, 0.25) is 0 Å². The molecular formula is C11H13FO. The molecule has 0 saturated carbocycles. The molecule has 0 radical (unpaired) electrons. The number of aldehydes is 1. The molecular weight excluding hydrogens is 167 g/mol. The van der Waals surface area contributed by atoms with E-state index < -0.39 is 0 Å². The van der Waals surface area contributed by atoms with E-state index in [1.165, 1.54) is 6.07 Å². The average molecular weight is 180 g/mol. The maximum absolute atomic E-state index is 13.0. The number of aryl methyl sites for hydroxylation is 1. The summed E-state index contributed by atoms with van der Waals surface area (Å²) in [6, 6.07) is 5.07. The number of unbranched alkanes of at least 4 members (excludes halogenated alkanes) is 1. The molecule has 0 spiro atoms. The Hall–Kier alpha value is -1.18. The van der Waals surface area contributed by atoms with Gasteiger partial charge in [-0.1, -0.05) is 12.1 Å². The highest BCUT2D eigenvalue weighted by Gasteiger charge is 2.01. The highest BCUT2D eigenvalue weighted by Crippen LogP contribution is 2.14. The smallest absolute Gasteiger partial charge is 0.126 e. The normalized spacial score (nSPS) is 10.0. The van der Waals surface area contributed by atoms with Gasteiger partial charge in [-0.25, -0.2) is 4.39 Å². The maximum atomic E-state index is 13.0. The second-order valence-electron chi connectivity index (χ2n) is 3.08. The first-order valence-electron chi connectivity index (χ1n) is 4.43. The number of hydrogen-bond acceptors (Lipinski definition) is 1. The quantitative estimate of drug-likeness (QED) is 0.514. The lowest BCUT2D eigenvalue weighted by Crippen LogP contribution is -1.93. The molecule has 0 bridgehead atoms. The van der Waals surface area contributed by atoms with Gasteiger partial charge in [0.25, 0.3) is 0 Å². The predicted octanol–water partition coefficient (Wildman–Crippen LogP) is 2.66. The van der Waals surface area contributed by atoms with Crippen LogP contribution in [0.4, 0.5) is 4.39 Å². The Morgan fingerprint density at radius 1 is 1.46 bits per heavy atom. The van der Waals surface area contributed by atoms with Crippen molar-refractivity contribution in [1.29, 1.82) is 0 Å². The summed E-state index contributed by atoms with van der Waals surface area (Å²) in [5, 5.41) is 0. The predicted molar refractivity (Wildman–Crippen MR) is 50.1 cm³/mol. The fourth-order valence-electron chi connectivity index (χ4n) is 1.30. The summed E-state index contributed by atoms with van der Waals surface area (Å²) in [5.41, 5.74) is 1.70. The summed E-state index contributed by atoms with van der Waals surface area (Å²) >= 11 is 0. The van der Waals surface area contributed by atoms with Crippen LogP contribution in [0.25, 0.3) is 0 Å². The van der Waals surface area contributed by atoms with Gasteiger partial charge < -0.3 is 4.79 Å². The zero-order chi connectivity index (χ0) is 9.68.